The fourth-order valence-corrected chi connectivity index (χ4v) is 2.29. The van der Waals surface area contributed by atoms with Crippen molar-refractivity contribution in [1.29, 1.82) is 0 Å². The Morgan fingerprint density at radius 3 is 2.50 bits per heavy atom. The van der Waals surface area contributed by atoms with Gasteiger partial charge in [-0.15, -0.1) is 11.3 Å². The standard InChI is InChI=1S/C10H16N2O3S/c1-6-7(5-10(2,15)8(13)14)16-9(11-6)12(3)4/h15H,5H2,1-4H3,(H,13,14). The van der Waals surface area contributed by atoms with Gasteiger partial charge in [-0.1, -0.05) is 0 Å². The third-order valence-corrected chi connectivity index (χ3v) is 3.55. The number of aliphatic carboxylic acids is 1. The lowest BCUT2D eigenvalue weighted by Gasteiger charge is -2.16. The predicted molar refractivity (Wildman–Crippen MR) is 63.1 cm³/mol. The van der Waals surface area contributed by atoms with Crippen LogP contribution in [0.15, 0.2) is 0 Å². The number of aromatic nitrogens is 1. The molecule has 0 aliphatic carbocycles. The van der Waals surface area contributed by atoms with E-state index in [0.29, 0.717) is 0 Å². The first-order chi connectivity index (χ1) is 7.24. The third-order valence-electron chi connectivity index (χ3n) is 2.23. The summed E-state index contributed by atoms with van der Waals surface area (Å²) in [5.41, 5.74) is -0.962. The Labute approximate surface area is 98.4 Å². The maximum Gasteiger partial charge on any atom is 0.335 e. The van der Waals surface area contributed by atoms with Crippen LogP contribution in [0.25, 0.3) is 0 Å². The number of thiazole rings is 1. The minimum Gasteiger partial charge on any atom is -0.479 e. The van der Waals surface area contributed by atoms with Crippen LogP contribution < -0.4 is 4.90 Å². The molecule has 0 aromatic carbocycles. The Morgan fingerprint density at radius 2 is 2.12 bits per heavy atom. The van der Waals surface area contributed by atoms with Crippen molar-refractivity contribution in [3.05, 3.63) is 10.6 Å². The molecular weight excluding hydrogens is 228 g/mol. The number of rotatable bonds is 4. The number of hydrogen-bond donors (Lipinski definition) is 2. The Balaban J connectivity index is 2.94. The average Bonchev–Trinajstić information content (AvgIpc) is 2.47. The number of nitrogens with zero attached hydrogens (tertiary/aromatic N) is 2. The van der Waals surface area contributed by atoms with E-state index in [1.807, 2.05) is 25.9 Å². The van der Waals surface area contributed by atoms with E-state index in [1.54, 1.807) is 0 Å². The largest absolute Gasteiger partial charge is 0.479 e. The maximum atomic E-state index is 10.8. The molecule has 0 saturated carbocycles. The number of aliphatic hydroxyl groups is 1. The minimum absolute atomic E-state index is 0.0830. The van der Waals surface area contributed by atoms with Gasteiger partial charge in [0.2, 0.25) is 0 Å². The van der Waals surface area contributed by atoms with Gasteiger partial charge in [-0.3, -0.25) is 0 Å². The molecule has 1 heterocycles. The topological polar surface area (TPSA) is 73.7 Å². The molecule has 1 atom stereocenters. The van der Waals surface area contributed by atoms with Gasteiger partial charge < -0.3 is 15.1 Å². The summed E-state index contributed by atoms with van der Waals surface area (Å²) in [6.07, 6.45) is 0.0830. The van der Waals surface area contributed by atoms with Crippen LogP contribution in [0.1, 0.15) is 17.5 Å². The molecule has 0 fully saturated rings. The van der Waals surface area contributed by atoms with Crippen molar-refractivity contribution >= 4 is 22.4 Å². The van der Waals surface area contributed by atoms with E-state index in [0.717, 1.165) is 15.7 Å². The van der Waals surface area contributed by atoms with Gasteiger partial charge in [-0.25, -0.2) is 9.78 Å². The van der Waals surface area contributed by atoms with Crippen molar-refractivity contribution < 1.29 is 15.0 Å². The number of aryl methyl sites for hydroxylation is 1. The van der Waals surface area contributed by atoms with E-state index in [2.05, 4.69) is 4.98 Å². The fourth-order valence-electron chi connectivity index (χ4n) is 1.16. The van der Waals surface area contributed by atoms with Crippen LogP contribution in [-0.4, -0.2) is 40.9 Å². The van der Waals surface area contributed by atoms with Crippen LogP contribution in [0.3, 0.4) is 0 Å². The van der Waals surface area contributed by atoms with Crippen LogP contribution in [-0.2, 0) is 11.2 Å². The fraction of sp³-hybridized carbons (Fsp3) is 0.600. The highest BCUT2D eigenvalue weighted by Gasteiger charge is 2.31. The van der Waals surface area contributed by atoms with E-state index in [4.69, 9.17) is 5.11 Å². The summed E-state index contributed by atoms with van der Waals surface area (Å²) in [5.74, 6) is -1.22. The minimum atomic E-state index is -1.74. The molecule has 1 aromatic rings. The SMILES string of the molecule is Cc1nc(N(C)C)sc1CC(C)(O)C(=O)O. The molecule has 0 aliphatic rings. The zero-order valence-corrected chi connectivity index (χ0v) is 10.6. The molecule has 0 bridgehead atoms. The summed E-state index contributed by atoms with van der Waals surface area (Å²) in [7, 11) is 3.74. The molecule has 1 unspecified atom stereocenters. The second kappa shape index (κ2) is 4.39. The molecule has 0 radical (unpaired) electrons. The van der Waals surface area contributed by atoms with E-state index >= 15 is 0 Å². The van der Waals surface area contributed by atoms with E-state index in [-0.39, 0.29) is 6.42 Å². The van der Waals surface area contributed by atoms with E-state index < -0.39 is 11.6 Å². The highest BCUT2D eigenvalue weighted by atomic mass is 32.1. The molecule has 16 heavy (non-hydrogen) atoms. The second-order valence-corrected chi connectivity index (χ2v) is 5.22. The molecule has 1 aromatic heterocycles. The van der Waals surface area contributed by atoms with Gasteiger partial charge in [-0.05, 0) is 13.8 Å². The second-order valence-electron chi connectivity index (χ2n) is 4.16. The lowest BCUT2D eigenvalue weighted by Crippen LogP contribution is -2.37. The number of carboxylic acids is 1. The highest BCUT2D eigenvalue weighted by Crippen LogP contribution is 2.27. The number of anilines is 1. The molecular formula is C10H16N2O3S. The lowest BCUT2D eigenvalue weighted by atomic mass is 10.0. The monoisotopic (exact) mass is 244 g/mol. The van der Waals surface area contributed by atoms with Gasteiger partial charge in [0.1, 0.15) is 0 Å². The Morgan fingerprint density at radius 1 is 1.56 bits per heavy atom. The first-order valence-corrected chi connectivity index (χ1v) is 5.65. The Bertz CT molecular complexity index is 399. The highest BCUT2D eigenvalue weighted by molar-refractivity contribution is 7.15. The van der Waals surface area contributed by atoms with Crippen molar-refractivity contribution in [2.45, 2.75) is 25.9 Å². The van der Waals surface area contributed by atoms with Crippen molar-refractivity contribution in [2.75, 3.05) is 19.0 Å². The van der Waals surface area contributed by atoms with Crippen molar-refractivity contribution in [1.82, 2.24) is 4.98 Å². The molecule has 0 saturated heterocycles. The van der Waals surface area contributed by atoms with Gasteiger partial charge >= 0.3 is 5.97 Å². The van der Waals surface area contributed by atoms with Gasteiger partial charge in [0, 0.05) is 25.4 Å². The Hall–Kier alpha value is -1.14. The van der Waals surface area contributed by atoms with Crippen LogP contribution in [0.4, 0.5) is 5.13 Å². The molecule has 0 aliphatic heterocycles. The van der Waals surface area contributed by atoms with Crippen LogP contribution in [0.5, 0.6) is 0 Å². The van der Waals surface area contributed by atoms with Gasteiger partial charge in [0.05, 0.1) is 5.69 Å². The molecule has 1 rings (SSSR count). The lowest BCUT2D eigenvalue weighted by molar-refractivity contribution is -0.156. The molecule has 5 nitrogen and oxygen atoms in total. The summed E-state index contributed by atoms with van der Waals surface area (Å²) < 4.78 is 0. The van der Waals surface area contributed by atoms with Crippen LogP contribution in [0.2, 0.25) is 0 Å². The van der Waals surface area contributed by atoms with Crippen molar-refractivity contribution in [3.63, 3.8) is 0 Å². The molecule has 0 amide bonds. The van der Waals surface area contributed by atoms with Gasteiger partial charge in [0.15, 0.2) is 10.7 Å². The van der Waals surface area contributed by atoms with Crippen molar-refractivity contribution in [2.24, 2.45) is 0 Å². The zero-order valence-electron chi connectivity index (χ0n) is 9.81. The average molecular weight is 244 g/mol. The summed E-state index contributed by atoms with van der Waals surface area (Å²) in [6.45, 7) is 3.11. The molecule has 90 valence electrons. The summed E-state index contributed by atoms with van der Waals surface area (Å²) in [4.78, 5) is 17.8. The molecule has 6 heteroatoms. The van der Waals surface area contributed by atoms with Crippen LogP contribution >= 0.6 is 11.3 Å². The van der Waals surface area contributed by atoms with Gasteiger partial charge in [-0.2, -0.15) is 0 Å². The summed E-state index contributed by atoms with van der Waals surface area (Å²) >= 11 is 1.40. The third kappa shape index (κ3) is 2.70. The molecule has 0 spiro atoms. The Kier molecular flexibility index (Phi) is 3.54. The van der Waals surface area contributed by atoms with E-state index in [9.17, 15) is 9.90 Å². The number of hydrogen-bond acceptors (Lipinski definition) is 5. The first-order valence-electron chi connectivity index (χ1n) is 4.83. The zero-order chi connectivity index (χ0) is 12.5. The normalized spacial score (nSPS) is 14.6. The molecule has 2 N–H and O–H groups in total. The number of carboxylic acid groups (broad SMARTS) is 1. The van der Waals surface area contributed by atoms with Gasteiger partial charge in [0.25, 0.3) is 0 Å². The predicted octanol–water partition coefficient (Wildman–Crippen LogP) is 0.896. The van der Waals surface area contributed by atoms with E-state index in [1.165, 1.54) is 18.3 Å². The van der Waals surface area contributed by atoms with Crippen LogP contribution in [0, 0.1) is 6.92 Å². The quantitative estimate of drug-likeness (QED) is 0.823. The maximum absolute atomic E-state index is 10.8. The first kappa shape index (κ1) is 12.9. The smallest absolute Gasteiger partial charge is 0.335 e. The number of carbonyl (C=O) groups is 1. The summed E-state index contributed by atoms with van der Waals surface area (Å²) in [5, 5.41) is 19.3. The van der Waals surface area contributed by atoms with Crippen molar-refractivity contribution in [3.8, 4) is 0 Å². The summed E-state index contributed by atoms with van der Waals surface area (Å²) in [6, 6.07) is 0.